The Morgan fingerprint density at radius 2 is 2.44 bits per heavy atom. The van der Waals surface area contributed by atoms with E-state index in [1.165, 1.54) is 6.42 Å². The van der Waals surface area contributed by atoms with Crippen LogP contribution in [0.4, 0.5) is 5.69 Å². The lowest BCUT2D eigenvalue weighted by Gasteiger charge is -2.18. The van der Waals surface area contributed by atoms with Crippen LogP contribution in [0.15, 0.2) is 24.3 Å². The number of hydrogen-bond donors (Lipinski definition) is 0. The molecule has 1 unspecified atom stereocenters. The second kappa shape index (κ2) is 5.00. The Morgan fingerprint density at radius 3 is 3.19 bits per heavy atom. The summed E-state index contributed by atoms with van der Waals surface area (Å²) in [5, 5.41) is 8.85. The van der Waals surface area contributed by atoms with Crippen molar-refractivity contribution in [1.82, 2.24) is 0 Å². The molecule has 1 fully saturated rings. The fourth-order valence-electron chi connectivity index (χ4n) is 2.21. The lowest BCUT2D eigenvalue weighted by molar-refractivity contribution is 0.161. The Bertz CT molecular complexity index is 397. The summed E-state index contributed by atoms with van der Waals surface area (Å²) in [6, 6.07) is 9.98. The molecule has 3 heteroatoms. The minimum absolute atomic E-state index is 0.621. The first-order valence-electron chi connectivity index (χ1n) is 5.57. The van der Waals surface area contributed by atoms with Crippen molar-refractivity contribution in [3.63, 3.8) is 0 Å². The molecule has 1 saturated heterocycles. The van der Waals surface area contributed by atoms with Gasteiger partial charge in [0.15, 0.2) is 0 Å². The molecule has 0 bridgehead atoms. The monoisotopic (exact) mass is 216 g/mol. The predicted octanol–water partition coefficient (Wildman–Crippen LogP) is 2.03. The number of methoxy groups -OCH3 is 1. The van der Waals surface area contributed by atoms with Gasteiger partial charge in [-0.25, -0.2) is 0 Å². The number of benzene rings is 1. The van der Waals surface area contributed by atoms with Crippen LogP contribution in [0.3, 0.4) is 0 Å². The number of anilines is 1. The van der Waals surface area contributed by atoms with Gasteiger partial charge in [0.2, 0.25) is 0 Å². The molecule has 84 valence electrons. The maximum atomic E-state index is 8.85. The average Bonchev–Trinajstić information content (AvgIpc) is 2.78. The Labute approximate surface area is 96.2 Å². The van der Waals surface area contributed by atoms with E-state index in [9.17, 15) is 0 Å². The van der Waals surface area contributed by atoms with Crippen LogP contribution in [0.2, 0.25) is 0 Å². The molecule has 2 rings (SSSR count). The molecule has 0 amide bonds. The first-order valence-corrected chi connectivity index (χ1v) is 5.57. The second-order valence-electron chi connectivity index (χ2n) is 4.22. The van der Waals surface area contributed by atoms with Crippen LogP contribution in [-0.4, -0.2) is 26.8 Å². The van der Waals surface area contributed by atoms with Crippen molar-refractivity contribution >= 4 is 5.69 Å². The minimum atomic E-state index is 0.621. The van der Waals surface area contributed by atoms with E-state index in [1.54, 1.807) is 7.11 Å². The Kier molecular flexibility index (Phi) is 3.43. The highest BCUT2D eigenvalue weighted by Gasteiger charge is 2.22. The van der Waals surface area contributed by atoms with Crippen molar-refractivity contribution in [3.05, 3.63) is 29.8 Å². The van der Waals surface area contributed by atoms with Gasteiger partial charge >= 0.3 is 0 Å². The summed E-state index contributed by atoms with van der Waals surface area (Å²) in [6.07, 6.45) is 1.17. The van der Waals surface area contributed by atoms with E-state index < -0.39 is 0 Å². The fraction of sp³-hybridized carbons (Fsp3) is 0.462. The summed E-state index contributed by atoms with van der Waals surface area (Å²) in [5.41, 5.74) is 1.88. The maximum absolute atomic E-state index is 8.85. The molecule has 1 heterocycles. The van der Waals surface area contributed by atoms with Gasteiger partial charge in [-0.3, -0.25) is 0 Å². The summed E-state index contributed by atoms with van der Waals surface area (Å²) < 4.78 is 5.18. The van der Waals surface area contributed by atoms with Gasteiger partial charge < -0.3 is 9.64 Å². The summed E-state index contributed by atoms with van der Waals surface area (Å²) in [6.45, 7) is 2.92. The van der Waals surface area contributed by atoms with Gasteiger partial charge in [0.1, 0.15) is 0 Å². The molecule has 0 radical (unpaired) electrons. The first-order chi connectivity index (χ1) is 7.83. The molecule has 0 spiro atoms. The second-order valence-corrected chi connectivity index (χ2v) is 4.22. The largest absolute Gasteiger partial charge is 0.384 e. The average molecular weight is 216 g/mol. The zero-order valence-corrected chi connectivity index (χ0v) is 9.52. The van der Waals surface area contributed by atoms with Gasteiger partial charge in [-0.1, -0.05) is 6.07 Å². The van der Waals surface area contributed by atoms with E-state index in [4.69, 9.17) is 10.00 Å². The predicted molar refractivity (Wildman–Crippen MR) is 63.4 cm³/mol. The van der Waals surface area contributed by atoms with Crippen molar-refractivity contribution < 1.29 is 4.74 Å². The van der Waals surface area contributed by atoms with Crippen LogP contribution in [0, 0.1) is 17.2 Å². The number of rotatable bonds is 3. The third-order valence-corrected chi connectivity index (χ3v) is 3.03. The Morgan fingerprint density at radius 1 is 1.56 bits per heavy atom. The lowest BCUT2D eigenvalue weighted by atomic mass is 10.1. The molecule has 0 N–H and O–H groups in total. The first kappa shape index (κ1) is 11.0. The summed E-state index contributed by atoms with van der Waals surface area (Å²) in [7, 11) is 1.75. The quantitative estimate of drug-likeness (QED) is 0.775. The standard InChI is InChI=1S/C13H16N2O/c1-16-10-12-5-6-15(9-12)13-4-2-3-11(7-13)8-14/h2-4,7,12H,5-6,9-10H2,1H3. The number of hydrogen-bond acceptors (Lipinski definition) is 3. The number of nitriles is 1. The van der Waals surface area contributed by atoms with E-state index in [2.05, 4.69) is 17.0 Å². The van der Waals surface area contributed by atoms with Gasteiger partial charge in [-0.05, 0) is 24.6 Å². The van der Waals surface area contributed by atoms with Crippen LogP contribution in [0.25, 0.3) is 0 Å². The fourth-order valence-corrected chi connectivity index (χ4v) is 2.21. The van der Waals surface area contributed by atoms with Crippen LogP contribution in [-0.2, 0) is 4.74 Å². The lowest BCUT2D eigenvalue weighted by Crippen LogP contribution is -2.20. The molecular weight excluding hydrogens is 200 g/mol. The molecular formula is C13H16N2O. The third kappa shape index (κ3) is 2.34. The minimum Gasteiger partial charge on any atom is -0.384 e. The zero-order chi connectivity index (χ0) is 11.4. The van der Waals surface area contributed by atoms with Gasteiger partial charge in [-0.2, -0.15) is 5.26 Å². The molecule has 0 saturated carbocycles. The van der Waals surface area contributed by atoms with Crippen molar-refractivity contribution in [3.8, 4) is 6.07 Å². The van der Waals surface area contributed by atoms with Gasteiger partial charge in [0.25, 0.3) is 0 Å². The van der Waals surface area contributed by atoms with E-state index in [-0.39, 0.29) is 0 Å². The number of ether oxygens (including phenoxy) is 1. The molecule has 16 heavy (non-hydrogen) atoms. The van der Waals surface area contributed by atoms with Crippen molar-refractivity contribution in [1.29, 1.82) is 5.26 Å². The molecule has 0 aliphatic carbocycles. The Balaban J connectivity index is 2.06. The van der Waals surface area contributed by atoms with E-state index in [0.717, 1.165) is 30.9 Å². The summed E-state index contributed by atoms with van der Waals surface area (Å²) in [4.78, 5) is 2.32. The van der Waals surface area contributed by atoms with Gasteiger partial charge in [0, 0.05) is 31.8 Å². The molecule has 1 atom stereocenters. The van der Waals surface area contributed by atoms with Crippen LogP contribution < -0.4 is 4.90 Å². The van der Waals surface area contributed by atoms with Crippen molar-refractivity contribution in [2.75, 3.05) is 31.7 Å². The molecule has 1 aromatic carbocycles. The molecule has 1 aliphatic rings. The van der Waals surface area contributed by atoms with Gasteiger partial charge in [0.05, 0.1) is 18.2 Å². The van der Waals surface area contributed by atoms with E-state index >= 15 is 0 Å². The van der Waals surface area contributed by atoms with Crippen LogP contribution >= 0.6 is 0 Å². The highest BCUT2D eigenvalue weighted by Crippen LogP contribution is 2.24. The van der Waals surface area contributed by atoms with E-state index in [1.807, 2.05) is 18.2 Å². The zero-order valence-electron chi connectivity index (χ0n) is 9.52. The highest BCUT2D eigenvalue weighted by molar-refractivity contribution is 5.52. The van der Waals surface area contributed by atoms with E-state index in [0.29, 0.717) is 5.92 Å². The highest BCUT2D eigenvalue weighted by atomic mass is 16.5. The summed E-state index contributed by atoms with van der Waals surface area (Å²) >= 11 is 0. The topological polar surface area (TPSA) is 36.3 Å². The number of nitrogens with zero attached hydrogens (tertiary/aromatic N) is 2. The van der Waals surface area contributed by atoms with Crippen LogP contribution in [0.1, 0.15) is 12.0 Å². The normalized spacial score (nSPS) is 19.8. The van der Waals surface area contributed by atoms with Gasteiger partial charge in [-0.15, -0.1) is 0 Å². The molecule has 1 aromatic rings. The molecule has 3 nitrogen and oxygen atoms in total. The smallest absolute Gasteiger partial charge is 0.0992 e. The SMILES string of the molecule is COCC1CCN(c2cccc(C#N)c2)C1. The van der Waals surface area contributed by atoms with Crippen LogP contribution in [0.5, 0.6) is 0 Å². The molecule has 1 aliphatic heterocycles. The van der Waals surface area contributed by atoms with Crippen molar-refractivity contribution in [2.24, 2.45) is 5.92 Å². The van der Waals surface area contributed by atoms with Crippen molar-refractivity contribution in [2.45, 2.75) is 6.42 Å². The Hall–Kier alpha value is -1.53. The summed E-state index contributed by atoms with van der Waals surface area (Å²) in [5.74, 6) is 0.621. The maximum Gasteiger partial charge on any atom is 0.0992 e. The third-order valence-electron chi connectivity index (χ3n) is 3.03. The molecule has 0 aromatic heterocycles.